The van der Waals surface area contributed by atoms with E-state index < -0.39 is 0 Å². The Labute approximate surface area is 165 Å². The van der Waals surface area contributed by atoms with Crippen LogP contribution in [0.25, 0.3) is 0 Å². The lowest BCUT2D eigenvalue weighted by Gasteiger charge is -2.24. The third-order valence-corrected chi connectivity index (χ3v) is 4.85. The molecule has 0 spiro atoms. The molecule has 1 atom stereocenters. The number of nitrogens with zero attached hydrogens (tertiary/aromatic N) is 3. The summed E-state index contributed by atoms with van der Waals surface area (Å²) < 4.78 is 7.16. The minimum absolute atomic E-state index is 0.160. The fraction of sp³-hybridized carbons (Fsp3) is 0.273. The number of rotatable bonds is 6. The van der Waals surface area contributed by atoms with E-state index in [0.29, 0.717) is 6.54 Å². The fourth-order valence-corrected chi connectivity index (χ4v) is 3.10. The van der Waals surface area contributed by atoms with Gasteiger partial charge in [-0.15, -0.1) is 0 Å². The highest BCUT2D eigenvalue weighted by Crippen LogP contribution is 2.23. The standard InChI is InChI=1S/C22H26N4O2/c1-16-7-5-6-8-18(16)15-26(3)22(27)24-20(21-23-13-14-25(21)2)17-9-11-19(28-4)12-10-17/h5-14,20H,15H2,1-4H3,(H,24,27). The zero-order chi connectivity index (χ0) is 20.1. The molecule has 0 aliphatic rings. The zero-order valence-electron chi connectivity index (χ0n) is 16.7. The molecule has 1 aromatic heterocycles. The summed E-state index contributed by atoms with van der Waals surface area (Å²) in [4.78, 5) is 19.1. The summed E-state index contributed by atoms with van der Waals surface area (Å²) in [6, 6.07) is 15.2. The monoisotopic (exact) mass is 378 g/mol. The van der Waals surface area contributed by atoms with Crippen molar-refractivity contribution in [3.05, 3.63) is 83.4 Å². The Balaban J connectivity index is 1.81. The van der Waals surface area contributed by atoms with Gasteiger partial charge < -0.3 is 19.5 Å². The summed E-state index contributed by atoms with van der Waals surface area (Å²) >= 11 is 0. The lowest BCUT2D eigenvalue weighted by atomic mass is 10.1. The predicted octanol–water partition coefficient (Wildman–Crippen LogP) is 3.67. The van der Waals surface area contributed by atoms with Gasteiger partial charge in [-0.25, -0.2) is 9.78 Å². The first-order valence-corrected chi connectivity index (χ1v) is 9.17. The number of aryl methyl sites for hydroxylation is 2. The van der Waals surface area contributed by atoms with Crippen LogP contribution in [0, 0.1) is 6.92 Å². The SMILES string of the molecule is COc1ccc(C(NC(=O)N(C)Cc2ccccc2C)c2nccn2C)cc1. The van der Waals surface area contributed by atoms with Crippen LogP contribution < -0.4 is 10.1 Å². The lowest BCUT2D eigenvalue weighted by molar-refractivity contribution is 0.203. The van der Waals surface area contributed by atoms with Crippen LogP contribution in [0.15, 0.2) is 60.9 Å². The van der Waals surface area contributed by atoms with Crippen LogP contribution >= 0.6 is 0 Å². The number of nitrogens with one attached hydrogen (secondary N) is 1. The summed E-state index contributed by atoms with van der Waals surface area (Å²) in [5.41, 5.74) is 3.23. The molecule has 1 unspecified atom stereocenters. The quantitative estimate of drug-likeness (QED) is 0.712. The number of aromatic nitrogens is 2. The molecule has 0 bridgehead atoms. The Bertz CT molecular complexity index is 934. The highest BCUT2D eigenvalue weighted by molar-refractivity contribution is 5.75. The van der Waals surface area contributed by atoms with E-state index in [1.165, 1.54) is 0 Å². The molecule has 6 heteroatoms. The van der Waals surface area contributed by atoms with Crippen LogP contribution in [-0.2, 0) is 13.6 Å². The number of ether oxygens (including phenoxy) is 1. The maximum atomic E-state index is 12.9. The Morgan fingerprint density at radius 3 is 2.54 bits per heavy atom. The molecule has 28 heavy (non-hydrogen) atoms. The van der Waals surface area contributed by atoms with Gasteiger partial charge in [0, 0.05) is 33.0 Å². The van der Waals surface area contributed by atoms with E-state index in [1.807, 2.05) is 60.3 Å². The van der Waals surface area contributed by atoms with Crippen molar-refractivity contribution in [1.82, 2.24) is 19.8 Å². The second kappa shape index (κ2) is 8.61. The molecule has 0 fully saturated rings. The van der Waals surface area contributed by atoms with Crippen molar-refractivity contribution in [3.63, 3.8) is 0 Å². The number of urea groups is 1. The largest absolute Gasteiger partial charge is 0.497 e. The average Bonchev–Trinajstić information content (AvgIpc) is 3.13. The van der Waals surface area contributed by atoms with E-state index in [9.17, 15) is 4.79 Å². The second-order valence-corrected chi connectivity index (χ2v) is 6.83. The van der Waals surface area contributed by atoms with Gasteiger partial charge in [0.2, 0.25) is 0 Å². The highest BCUT2D eigenvalue weighted by Gasteiger charge is 2.22. The van der Waals surface area contributed by atoms with Gasteiger partial charge in [0.15, 0.2) is 0 Å². The number of imidazole rings is 1. The van der Waals surface area contributed by atoms with Crippen LogP contribution in [-0.4, -0.2) is 34.6 Å². The van der Waals surface area contributed by atoms with Gasteiger partial charge >= 0.3 is 6.03 Å². The van der Waals surface area contributed by atoms with E-state index in [2.05, 4.69) is 23.3 Å². The minimum Gasteiger partial charge on any atom is -0.497 e. The molecule has 146 valence electrons. The van der Waals surface area contributed by atoms with E-state index in [4.69, 9.17) is 4.74 Å². The van der Waals surface area contributed by atoms with Crippen molar-refractivity contribution in [2.75, 3.05) is 14.2 Å². The number of methoxy groups -OCH3 is 1. The summed E-state index contributed by atoms with van der Waals surface area (Å²) in [7, 11) is 5.35. The number of carbonyl (C=O) groups excluding carboxylic acids is 1. The summed E-state index contributed by atoms with van der Waals surface area (Å²) in [5.74, 6) is 1.54. The van der Waals surface area contributed by atoms with E-state index in [0.717, 1.165) is 28.3 Å². The average molecular weight is 378 g/mol. The Morgan fingerprint density at radius 2 is 1.93 bits per heavy atom. The van der Waals surface area contributed by atoms with Gasteiger partial charge in [-0.1, -0.05) is 36.4 Å². The van der Waals surface area contributed by atoms with Crippen LogP contribution in [0.2, 0.25) is 0 Å². The smallest absolute Gasteiger partial charge is 0.318 e. The Hall–Kier alpha value is -3.28. The van der Waals surface area contributed by atoms with Crippen molar-refractivity contribution in [2.45, 2.75) is 19.5 Å². The van der Waals surface area contributed by atoms with Gasteiger partial charge in [0.1, 0.15) is 17.6 Å². The van der Waals surface area contributed by atoms with E-state index >= 15 is 0 Å². The Morgan fingerprint density at radius 1 is 1.21 bits per heavy atom. The van der Waals surface area contributed by atoms with Crippen molar-refractivity contribution in [2.24, 2.45) is 7.05 Å². The van der Waals surface area contributed by atoms with Crippen LogP contribution in [0.3, 0.4) is 0 Å². The van der Waals surface area contributed by atoms with Gasteiger partial charge in [-0.2, -0.15) is 0 Å². The molecule has 0 saturated heterocycles. The molecule has 0 radical (unpaired) electrons. The second-order valence-electron chi connectivity index (χ2n) is 6.83. The molecular weight excluding hydrogens is 352 g/mol. The highest BCUT2D eigenvalue weighted by atomic mass is 16.5. The summed E-state index contributed by atoms with van der Waals surface area (Å²) in [5, 5.41) is 3.12. The summed E-state index contributed by atoms with van der Waals surface area (Å²) in [6.07, 6.45) is 3.60. The van der Waals surface area contributed by atoms with Crippen LogP contribution in [0.4, 0.5) is 4.79 Å². The van der Waals surface area contributed by atoms with E-state index in [1.54, 1.807) is 25.3 Å². The molecule has 1 heterocycles. The minimum atomic E-state index is -0.363. The lowest BCUT2D eigenvalue weighted by Crippen LogP contribution is -2.40. The Kier molecular flexibility index (Phi) is 5.99. The number of hydrogen-bond donors (Lipinski definition) is 1. The van der Waals surface area contributed by atoms with Crippen molar-refractivity contribution >= 4 is 6.03 Å². The molecule has 0 aliphatic carbocycles. The van der Waals surface area contributed by atoms with Crippen LogP contribution in [0.5, 0.6) is 5.75 Å². The van der Waals surface area contributed by atoms with Gasteiger partial charge in [0.25, 0.3) is 0 Å². The zero-order valence-corrected chi connectivity index (χ0v) is 16.7. The number of benzene rings is 2. The van der Waals surface area contributed by atoms with E-state index in [-0.39, 0.29) is 12.1 Å². The molecule has 6 nitrogen and oxygen atoms in total. The molecule has 1 N–H and O–H groups in total. The van der Waals surface area contributed by atoms with Crippen molar-refractivity contribution < 1.29 is 9.53 Å². The van der Waals surface area contributed by atoms with Crippen LogP contribution in [0.1, 0.15) is 28.6 Å². The molecule has 0 saturated carbocycles. The normalized spacial score (nSPS) is 11.7. The first-order chi connectivity index (χ1) is 13.5. The first-order valence-electron chi connectivity index (χ1n) is 9.17. The van der Waals surface area contributed by atoms with Gasteiger partial charge in [-0.05, 0) is 35.7 Å². The number of amides is 2. The maximum absolute atomic E-state index is 12.9. The maximum Gasteiger partial charge on any atom is 0.318 e. The van der Waals surface area contributed by atoms with Gasteiger partial charge in [-0.3, -0.25) is 0 Å². The summed E-state index contributed by atoms with van der Waals surface area (Å²) in [6.45, 7) is 2.59. The molecule has 0 aliphatic heterocycles. The molecule has 2 aromatic carbocycles. The number of hydrogen-bond acceptors (Lipinski definition) is 3. The fourth-order valence-electron chi connectivity index (χ4n) is 3.10. The third-order valence-electron chi connectivity index (χ3n) is 4.85. The predicted molar refractivity (Wildman–Crippen MR) is 109 cm³/mol. The molecule has 3 rings (SSSR count). The molecule has 3 aromatic rings. The van der Waals surface area contributed by atoms with Crippen molar-refractivity contribution in [1.29, 1.82) is 0 Å². The molecular formula is C22H26N4O2. The number of carbonyl (C=O) groups is 1. The van der Waals surface area contributed by atoms with Crippen molar-refractivity contribution in [3.8, 4) is 5.75 Å². The topological polar surface area (TPSA) is 59.4 Å². The van der Waals surface area contributed by atoms with Gasteiger partial charge in [0.05, 0.1) is 7.11 Å². The third kappa shape index (κ3) is 4.34. The first kappa shape index (κ1) is 19.5. The molecule has 2 amide bonds.